The molecule has 0 spiro atoms. The predicted octanol–water partition coefficient (Wildman–Crippen LogP) is 1.08. The monoisotopic (exact) mass is 150 g/mol. The Labute approximate surface area is 57.2 Å². The number of hydrogen-bond donors (Lipinski definition) is 0. The first-order valence-electron chi connectivity index (χ1n) is 3.04. The minimum absolute atomic E-state index is 0.211. The third-order valence-corrected chi connectivity index (χ3v) is 3.51. The third-order valence-electron chi connectivity index (χ3n) is 1.61. The van der Waals surface area contributed by atoms with Gasteiger partial charge >= 0.3 is 0 Å². The Hall–Kier alpha value is -0.0500. The van der Waals surface area contributed by atoms with E-state index in [1.54, 1.807) is 6.92 Å². The summed E-state index contributed by atoms with van der Waals surface area (Å²) in [7, 11) is -2.80. The van der Waals surface area contributed by atoms with E-state index in [1.807, 2.05) is 13.8 Å². The molecule has 1 atom stereocenters. The summed E-state index contributed by atoms with van der Waals surface area (Å²) in [5, 5.41) is -0.211. The second-order valence-corrected chi connectivity index (χ2v) is 5.18. The lowest BCUT2D eigenvalue weighted by molar-refractivity contribution is 0.551. The molecule has 56 valence electrons. The second-order valence-electron chi connectivity index (χ2n) is 2.78. The highest BCUT2D eigenvalue weighted by atomic mass is 32.2. The van der Waals surface area contributed by atoms with Crippen molar-refractivity contribution in [3.8, 4) is 0 Å². The summed E-state index contributed by atoms with van der Waals surface area (Å²) in [4.78, 5) is 0. The fraction of sp³-hybridized carbons (Fsp3) is 1.00. The summed E-state index contributed by atoms with van der Waals surface area (Å²) in [6, 6.07) is 0. The van der Waals surface area contributed by atoms with Crippen molar-refractivity contribution in [1.82, 2.24) is 0 Å². The van der Waals surface area contributed by atoms with Crippen molar-refractivity contribution >= 4 is 9.84 Å². The van der Waals surface area contributed by atoms with Gasteiger partial charge in [0.2, 0.25) is 0 Å². The maximum Gasteiger partial charge on any atom is 0.150 e. The Kier molecular flexibility index (Phi) is 2.67. The maximum atomic E-state index is 10.8. The molecule has 0 rings (SSSR count). The van der Waals surface area contributed by atoms with Crippen LogP contribution in [0, 0.1) is 5.92 Å². The lowest BCUT2D eigenvalue weighted by Gasteiger charge is -2.11. The molecule has 0 N–H and O–H groups in total. The van der Waals surface area contributed by atoms with Crippen LogP contribution in [-0.2, 0) is 9.84 Å². The Morgan fingerprint density at radius 2 is 1.44 bits per heavy atom. The topological polar surface area (TPSA) is 34.1 Å². The fourth-order valence-electron chi connectivity index (χ4n) is 0.494. The van der Waals surface area contributed by atoms with Gasteiger partial charge in [0.25, 0.3) is 0 Å². The van der Waals surface area contributed by atoms with Crippen molar-refractivity contribution in [2.24, 2.45) is 5.92 Å². The van der Waals surface area contributed by atoms with Gasteiger partial charge in [0, 0.05) is 6.26 Å². The van der Waals surface area contributed by atoms with E-state index in [1.165, 1.54) is 6.26 Å². The van der Waals surface area contributed by atoms with Crippen molar-refractivity contribution < 1.29 is 8.42 Å². The van der Waals surface area contributed by atoms with Crippen molar-refractivity contribution in [3.63, 3.8) is 0 Å². The molecule has 0 saturated heterocycles. The average Bonchev–Trinajstić information content (AvgIpc) is 1.62. The molecule has 2 nitrogen and oxygen atoms in total. The Morgan fingerprint density at radius 1 is 1.11 bits per heavy atom. The summed E-state index contributed by atoms with van der Waals surface area (Å²) in [6.07, 6.45) is 1.28. The quantitative estimate of drug-likeness (QED) is 0.590. The van der Waals surface area contributed by atoms with Crippen LogP contribution in [0.25, 0.3) is 0 Å². The zero-order valence-corrected chi connectivity index (χ0v) is 7.20. The van der Waals surface area contributed by atoms with Crippen LogP contribution in [0.3, 0.4) is 0 Å². The first-order valence-corrected chi connectivity index (χ1v) is 5.00. The zero-order valence-electron chi connectivity index (χ0n) is 6.38. The van der Waals surface area contributed by atoms with E-state index in [4.69, 9.17) is 0 Å². The molecule has 0 bridgehead atoms. The van der Waals surface area contributed by atoms with E-state index in [2.05, 4.69) is 0 Å². The van der Waals surface area contributed by atoms with Gasteiger partial charge in [0.1, 0.15) is 9.84 Å². The van der Waals surface area contributed by atoms with Crippen LogP contribution in [0.1, 0.15) is 20.8 Å². The van der Waals surface area contributed by atoms with Gasteiger partial charge in [-0.2, -0.15) is 0 Å². The lowest BCUT2D eigenvalue weighted by atomic mass is 10.2. The Balaban J connectivity index is 4.24. The molecule has 0 aromatic carbocycles. The zero-order chi connectivity index (χ0) is 7.65. The number of rotatable bonds is 2. The first kappa shape index (κ1) is 8.95. The summed E-state index contributed by atoms with van der Waals surface area (Å²) >= 11 is 0. The van der Waals surface area contributed by atoms with Crippen molar-refractivity contribution in [2.75, 3.05) is 6.26 Å². The summed E-state index contributed by atoms with van der Waals surface area (Å²) in [5.41, 5.74) is 0. The van der Waals surface area contributed by atoms with Crippen LogP contribution in [0.15, 0.2) is 0 Å². The van der Waals surface area contributed by atoms with Crippen LogP contribution in [-0.4, -0.2) is 19.9 Å². The van der Waals surface area contributed by atoms with Crippen molar-refractivity contribution in [1.29, 1.82) is 0 Å². The summed E-state index contributed by atoms with van der Waals surface area (Å²) in [5.74, 6) is 0.222. The minimum atomic E-state index is -2.80. The molecule has 9 heavy (non-hydrogen) atoms. The van der Waals surface area contributed by atoms with E-state index in [9.17, 15) is 8.42 Å². The molecule has 0 aromatic rings. The van der Waals surface area contributed by atoms with Crippen molar-refractivity contribution in [3.05, 3.63) is 0 Å². The van der Waals surface area contributed by atoms with Gasteiger partial charge in [-0.05, 0) is 12.8 Å². The predicted molar refractivity (Wildman–Crippen MR) is 39.1 cm³/mol. The molecule has 0 unspecified atom stereocenters. The van der Waals surface area contributed by atoms with Crippen LogP contribution in [0.5, 0.6) is 0 Å². The summed E-state index contributed by atoms with van der Waals surface area (Å²) < 4.78 is 21.5. The second kappa shape index (κ2) is 2.69. The van der Waals surface area contributed by atoms with Crippen LogP contribution >= 0.6 is 0 Å². The largest absolute Gasteiger partial charge is 0.229 e. The van der Waals surface area contributed by atoms with Crippen LogP contribution < -0.4 is 0 Å². The van der Waals surface area contributed by atoms with Gasteiger partial charge < -0.3 is 0 Å². The molecular weight excluding hydrogens is 136 g/mol. The van der Waals surface area contributed by atoms with Gasteiger partial charge in [0.05, 0.1) is 5.25 Å². The van der Waals surface area contributed by atoms with E-state index in [0.717, 1.165) is 0 Å². The normalized spacial score (nSPS) is 16.1. The fourth-order valence-corrected chi connectivity index (χ4v) is 1.48. The molecule has 0 heterocycles. The van der Waals surface area contributed by atoms with Gasteiger partial charge in [-0.15, -0.1) is 0 Å². The Morgan fingerprint density at radius 3 is 1.44 bits per heavy atom. The molecule has 0 fully saturated rings. The lowest BCUT2D eigenvalue weighted by Crippen LogP contribution is -2.21. The van der Waals surface area contributed by atoms with E-state index >= 15 is 0 Å². The van der Waals surface area contributed by atoms with E-state index < -0.39 is 9.84 Å². The maximum absolute atomic E-state index is 10.8. The smallest absolute Gasteiger partial charge is 0.150 e. The standard InChI is InChI=1S/C6H14O2S/c1-5(2)6(3)9(4,7)8/h5-6H,1-4H3/t6-/m0/s1. The molecule has 0 amide bonds. The highest BCUT2D eigenvalue weighted by Crippen LogP contribution is 2.08. The molecule has 0 aliphatic rings. The van der Waals surface area contributed by atoms with Gasteiger partial charge in [-0.25, -0.2) is 8.42 Å². The molecular formula is C6H14O2S. The van der Waals surface area contributed by atoms with Gasteiger partial charge in [-0.1, -0.05) is 13.8 Å². The molecule has 0 aliphatic heterocycles. The molecule has 0 aliphatic carbocycles. The third kappa shape index (κ3) is 2.84. The van der Waals surface area contributed by atoms with Crippen LogP contribution in [0.2, 0.25) is 0 Å². The average molecular weight is 150 g/mol. The Bertz CT molecular complexity index is 167. The van der Waals surface area contributed by atoms with Crippen LogP contribution in [0.4, 0.5) is 0 Å². The van der Waals surface area contributed by atoms with Gasteiger partial charge in [-0.3, -0.25) is 0 Å². The van der Waals surface area contributed by atoms with Crippen molar-refractivity contribution in [2.45, 2.75) is 26.0 Å². The molecule has 3 heteroatoms. The molecule has 0 radical (unpaired) electrons. The van der Waals surface area contributed by atoms with E-state index in [0.29, 0.717) is 0 Å². The number of hydrogen-bond acceptors (Lipinski definition) is 2. The molecule has 0 aromatic heterocycles. The minimum Gasteiger partial charge on any atom is -0.229 e. The number of sulfone groups is 1. The van der Waals surface area contributed by atoms with E-state index in [-0.39, 0.29) is 11.2 Å². The highest BCUT2D eigenvalue weighted by Gasteiger charge is 2.17. The highest BCUT2D eigenvalue weighted by molar-refractivity contribution is 7.91. The summed E-state index contributed by atoms with van der Waals surface area (Å²) in [6.45, 7) is 5.55. The molecule has 0 saturated carbocycles. The first-order chi connectivity index (χ1) is 3.85. The van der Waals surface area contributed by atoms with Gasteiger partial charge in [0.15, 0.2) is 0 Å². The SMILES string of the molecule is CC(C)[C@H](C)S(C)(=O)=O.